The minimum Gasteiger partial charge on any atom is -0.486 e. The van der Waals surface area contributed by atoms with Crippen molar-refractivity contribution in [3.05, 3.63) is 88.6 Å². The highest BCUT2D eigenvalue weighted by Crippen LogP contribution is 2.24. The number of carbonyl (C=O) groups excluding carboxylic acids is 3. The SMILES string of the molecule is CC(F)Oc1cccc(CNC(=O)c2cc(C(=O)NCc3ccc4c(c3)CC(=O)CO4)nc3c(F)cnn23)c1. The smallest absolute Gasteiger partial charge is 0.270 e. The molecule has 0 saturated heterocycles. The highest BCUT2D eigenvalue weighted by atomic mass is 19.1. The van der Waals surface area contributed by atoms with Gasteiger partial charge in [0.1, 0.15) is 29.5 Å². The molecule has 1 aliphatic rings. The molecule has 3 heterocycles. The van der Waals surface area contributed by atoms with Gasteiger partial charge in [-0.25, -0.2) is 18.3 Å². The van der Waals surface area contributed by atoms with Crippen molar-refractivity contribution in [2.24, 2.45) is 0 Å². The Morgan fingerprint density at radius 1 is 1.10 bits per heavy atom. The molecule has 200 valence electrons. The van der Waals surface area contributed by atoms with Crippen molar-refractivity contribution in [2.45, 2.75) is 32.8 Å². The zero-order chi connectivity index (χ0) is 27.5. The molecule has 2 aromatic heterocycles. The second-order valence-electron chi connectivity index (χ2n) is 8.87. The summed E-state index contributed by atoms with van der Waals surface area (Å²) >= 11 is 0. The topological polar surface area (TPSA) is 124 Å². The molecule has 0 saturated carbocycles. The zero-order valence-electron chi connectivity index (χ0n) is 20.7. The molecular weight excluding hydrogens is 512 g/mol. The van der Waals surface area contributed by atoms with Crippen molar-refractivity contribution in [2.75, 3.05) is 6.61 Å². The molecule has 0 radical (unpaired) electrons. The van der Waals surface area contributed by atoms with E-state index < -0.39 is 24.0 Å². The third-order valence-electron chi connectivity index (χ3n) is 5.90. The molecule has 0 aliphatic carbocycles. The van der Waals surface area contributed by atoms with E-state index in [0.29, 0.717) is 17.1 Å². The Labute approximate surface area is 220 Å². The van der Waals surface area contributed by atoms with E-state index in [0.717, 1.165) is 21.8 Å². The number of fused-ring (bicyclic) bond motifs is 2. The fraction of sp³-hybridized carbons (Fsp3) is 0.222. The van der Waals surface area contributed by atoms with E-state index in [1.165, 1.54) is 13.0 Å². The number of Topliss-reactive ketones (excluding diaryl/α,β-unsaturated/α-hetero) is 1. The number of alkyl halides is 1. The summed E-state index contributed by atoms with van der Waals surface area (Å²) in [6.45, 7) is 1.45. The maximum Gasteiger partial charge on any atom is 0.270 e. The third-order valence-corrected chi connectivity index (χ3v) is 5.90. The summed E-state index contributed by atoms with van der Waals surface area (Å²) in [7, 11) is 0. The number of amides is 2. The first-order valence-electron chi connectivity index (χ1n) is 12.0. The van der Waals surface area contributed by atoms with Crippen LogP contribution < -0.4 is 20.1 Å². The molecule has 39 heavy (non-hydrogen) atoms. The van der Waals surface area contributed by atoms with Crippen molar-refractivity contribution < 1.29 is 32.6 Å². The van der Waals surface area contributed by atoms with E-state index in [9.17, 15) is 23.2 Å². The van der Waals surface area contributed by atoms with Crippen LogP contribution in [-0.4, -0.2) is 45.2 Å². The van der Waals surface area contributed by atoms with Gasteiger partial charge in [-0.15, -0.1) is 0 Å². The highest BCUT2D eigenvalue weighted by Gasteiger charge is 2.21. The summed E-state index contributed by atoms with van der Waals surface area (Å²) in [5, 5.41) is 9.25. The van der Waals surface area contributed by atoms with Gasteiger partial charge >= 0.3 is 0 Å². The predicted molar refractivity (Wildman–Crippen MR) is 134 cm³/mol. The zero-order valence-corrected chi connectivity index (χ0v) is 20.7. The minimum atomic E-state index is -1.50. The summed E-state index contributed by atoms with van der Waals surface area (Å²) in [6, 6.07) is 13.0. The summed E-state index contributed by atoms with van der Waals surface area (Å²) < 4.78 is 39.0. The lowest BCUT2D eigenvalue weighted by atomic mass is 10.0. The summed E-state index contributed by atoms with van der Waals surface area (Å²) in [4.78, 5) is 41.7. The van der Waals surface area contributed by atoms with Gasteiger partial charge in [0.05, 0.1) is 6.20 Å². The highest BCUT2D eigenvalue weighted by molar-refractivity contribution is 5.98. The molecule has 2 N–H and O–H groups in total. The van der Waals surface area contributed by atoms with Crippen LogP contribution >= 0.6 is 0 Å². The Bertz CT molecular complexity index is 1590. The second-order valence-corrected chi connectivity index (χ2v) is 8.87. The van der Waals surface area contributed by atoms with Crippen LogP contribution in [0.5, 0.6) is 11.5 Å². The quantitative estimate of drug-likeness (QED) is 0.356. The molecule has 5 rings (SSSR count). The van der Waals surface area contributed by atoms with E-state index in [1.807, 2.05) is 0 Å². The van der Waals surface area contributed by atoms with E-state index in [-0.39, 0.29) is 48.9 Å². The molecule has 10 nitrogen and oxygen atoms in total. The Kier molecular flexibility index (Phi) is 7.17. The molecule has 2 amide bonds. The Hall–Kier alpha value is -4.87. The minimum absolute atomic E-state index is 0.0368. The van der Waals surface area contributed by atoms with Crippen molar-refractivity contribution in [1.29, 1.82) is 0 Å². The number of benzene rings is 2. The molecule has 0 fully saturated rings. The van der Waals surface area contributed by atoms with Crippen LogP contribution in [0.2, 0.25) is 0 Å². The number of hydrogen-bond donors (Lipinski definition) is 2. The van der Waals surface area contributed by atoms with Crippen molar-refractivity contribution in [1.82, 2.24) is 25.2 Å². The molecule has 1 unspecified atom stereocenters. The summed E-state index contributed by atoms with van der Waals surface area (Å²) in [5.74, 6) is -1.19. The number of nitrogens with zero attached hydrogens (tertiary/aromatic N) is 3. The average Bonchev–Trinajstić information content (AvgIpc) is 3.29. The van der Waals surface area contributed by atoms with Gasteiger partial charge in [0.25, 0.3) is 11.8 Å². The first-order chi connectivity index (χ1) is 18.8. The lowest BCUT2D eigenvalue weighted by Gasteiger charge is -2.17. The van der Waals surface area contributed by atoms with Gasteiger partial charge in [0, 0.05) is 38.1 Å². The lowest BCUT2D eigenvalue weighted by Crippen LogP contribution is -2.28. The first-order valence-corrected chi connectivity index (χ1v) is 12.0. The van der Waals surface area contributed by atoms with Crippen LogP contribution in [0.1, 0.15) is 44.6 Å². The van der Waals surface area contributed by atoms with Crippen molar-refractivity contribution in [3.63, 3.8) is 0 Å². The molecule has 0 spiro atoms. The fourth-order valence-electron chi connectivity index (χ4n) is 4.12. The number of rotatable bonds is 8. The summed E-state index contributed by atoms with van der Waals surface area (Å²) in [6.07, 6.45) is -0.346. The van der Waals surface area contributed by atoms with Gasteiger partial charge in [-0.05, 0) is 35.4 Å². The van der Waals surface area contributed by atoms with Gasteiger partial charge in [-0.3, -0.25) is 14.4 Å². The second kappa shape index (κ2) is 10.9. The third kappa shape index (κ3) is 5.84. The van der Waals surface area contributed by atoms with Crippen LogP contribution in [0.4, 0.5) is 8.78 Å². The molecular formula is C27H23F2N5O5. The number of ether oxygens (including phenoxy) is 2. The van der Waals surface area contributed by atoms with Crippen molar-refractivity contribution in [3.8, 4) is 11.5 Å². The van der Waals surface area contributed by atoms with E-state index in [2.05, 4.69) is 20.7 Å². The van der Waals surface area contributed by atoms with Crippen LogP contribution in [0.15, 0.2) is 54.7 Å². The van der Waals surface area contributed by atoms with Crippen LogP contribution in [0.25, 0.3) is 5.65 Å². The molecule has 12 heteroatoms. The Morgan fingerprint density at radius 3 is 2.67 bits per heavy atom. The maximum absolute atomic E-state index is 14.4. The summed E-state index contributed by atoms with van der Waals surface area (Å²) in [5.41, 5.74) is 1.51. The average molecular weight is 536 g/mol. The molecule has 1 aliphatic heterocycles. The number of aromatic nitrogens is 3. The number of halogens is 2. The van der Waals surface area contributed by atoms with Crippen LogP contribution in [0, 0.1) is 5.82 Å². The standard InChI is InChI=1S/C27H23F2N5O5/c1-15(28)39-20-4-2-3-16(8-20)11-31-27(37)23-10-22(33-25-21(29)13-32-34(23)25)26(36)30-12-17-5-6-24-18(7-17)9-19(35)14-38-24/h2-8,10,13,15H,9,11-12,14H2,1H3,(H,30,36)(H,31,37). The largest absolute Gasteiger partial charge is 0.486 e. The lowest BCUT2D eigenvalue weighted by molar-refractivity contribution is -0.121. The molecule has 2 aromatic carbocycles. The number of hydrogen-bond acceptors (Lipinski definition) is 7. The number of carbonyl (C=O) groups is 3. The van der Waals surface area contributed by atoms with Gasteiger partial charge in [0.2, 0.25) is 6.36 Å². The van der Waals surface area contributed by atoms with Gasteiger partial charge in [-0.2, -0.15) is 5.10 Å². The normalized spacial score (nSPS) is 13.4. The fourth-order valence-corrected chi connectivity index (χ4v) is 4.12. The number of ketones is 1. The van der Waals surface area contributed by atoms with Gasteiger partial charge in [-0.1, -0.05) is 18.2 Å². The molecule has 4 aromatic rings. The Balaban J connectivity index is 1.32. The van der Waals surface area contributed by atoms with Crippen molar-refractivity contribution >= 4 is 23.2 Å². The molecule has 0 bridgehead atoms. The van der Waals surface area contributed by atoms with E-state index in [4.69, 9.17) is 9.47 Å². The van der Waals surface area contributed by atoms with Crippen LogP contribution in [0.3, 0.4) is 0 Å². The molecule has 1 atom stereocenters. The van der Waals surface area contributed by atoms with Gasteiger partial charge < -0.3 is 20.1 Å². The Morgan fingerprint density at radius 2 is 1.87 bits per heavy atom. The predicted octanol–water partition coefficient (Wildman–Crippen LogP) is 2.93. The van der Waals surface area contributed by atoms with Crippen LogP contribution in [-0.2, 0) is 24.3 Å². The van der Waals surface area contributed by atoms with Gasteiger partial charge in [0.15, 0.2) is 17.2 Å². The first kappa shape index (κ1) is 25.8. The number of nitrogens with one attached hydrogen (secondary N) is 2. The monoisotopic (exact) mass is 535 g/mol. The van der Waals surface area contributed by atoms with E-state index in [1.54, 1.807) is 42.5 Å². The van der Waals surface area contributed by atoms with E-state index >= 15 is 0 Å². The maximum atomic E-state index is 14.4.